The van der Waals surface area contributed by atoms with Crippen molar-refractivity contribution in [3.05, 3.63) is 29.3 Å². The van der Waals surface area contributed by atoms with E-state index in [4.69, 9.17) is 17.3 Å². The lowest BCUT2D eigenvalue weighted by molar-refractivity contribution is -0.123. The Morgan fingerprint density at radius 1 is 1.27 bits per heavy atom. The smallest absolute Gasteiger partial charge is 0.236 e. The Labute approximate surface area is 160 Å². The lowest BCUT2D eigenvalue weighted by Crippen LogP contribution is -2.34. The highest BCUT2D eigenvalue weighted by molar-refractivity contribution is 7.99. The van der Waals surface area contributed by atoms with Crippen LogP contribution in [-0.2, 0) is 9.59 Å². The summed E-state index contributed by atoms with van der Waals surface area (Å²) in [5.74, 6) is -0.0323. The summed E-state index contributed by atoms with van der Waals surface area (Å²) < 4.78 is 1.91. The van der Waals surface area contributed by atoms with Gasteiger partial charge in [0.2, 0.25) is 17.8 Å². The van der Waals surface area contributed by atoms with Crippen molar-refractivity contribution in [3.63, 3.8) is 0 Å². The molecule has 2 amide bonds. The third-order valence-electron chi connectivity index (χ3n) is 3.86. The zero-order chi connectivity index (χ0) is 18.5. The Bertz CT molecular complexity index is 806. The highest BCUT2D eigenvalue weighted by atomic mass is 35.5. The van der Waals surface area contributed by atoms with Gasteiger partial charge in [0, 0.05) is 18.1 Å². The van der Waals surface area contributed by atoms with E-state index in [0.29, 0.717) is 10.2 Å². The molecule has 1 aliphatic heterocycles. The topological polar surface area (TPSA) is 106 Å². The fraction of sp³-hybridized carbons (Fsp3) is 0.375. The van der Waals surface area contributed by atoms with E-state index < -0.39 is 5.91 Å². The van der Waals surface area contributed by atoms with Crippen molar-refractivity contribution in [3.8, 4) is 5.69 Å². The number of hydrogen-bond donors (Lipinski definition) is 2. The lowest BCUT2D eigenvalue weighted by Gasteiger charge is -2.18. The number of nitrogens with zero attached hydrogens (tertiary/aromatic N) is 4. The number of rotatable bonds is 7. The average Bonchev–Trinajstić information content (AvgIpc) is 3.27. The van der Waals surface area contributed by atoms with E-state index in [-0.39, 0.29) is 18.2 Å². The number of benzene rings is 1. The summed E-state index contributed by atoms with van der Waals surface area (Å²) in [6.07, 6.45) is 2.22. The van der Waals surface area contributed by atoms with Crippen molar-refractivity contribution in [1.29, 1.82) is 0 Å². The maximum atomic E-state index is 11.9. The van der Waals surface area contributed by atoms with Crippen molar-refractivity contribution >= 4 is 41.1 Å². The van der Waals surface area contributed by atoms with E-state index in [1.165, 1.54) is 11.8 Å². The molecule has 1 aliphatic rings. The second kappa shape index (κ2) is 8.41. The third-order valence-corrected chi connectivity index (χ3v) is 5.03. The van der Waals surface area contributed by atoms with Gasteiger partial charge in [0.1, 0.15) is 0 Å². The van der Waals surface area contributed by atoms with Gasteiger partial charge in [-0.3, -0.25) is 14.2 Å². The van der Waals surface area contributed by atoms with Gasteiger partial charge < -0.3 is 16.0 Å². The van der Waals surface area contributed by atoms with Crippen LogP contribution in [0.2, 0.25) is 5.02 Å². The first-order chi connectivity index (χ1) is 12.5. The van der Waals surface area contributed by atoms with Crippen molar-refractivity contribution in [1.82, 2.24) is 20.1 Å². The van der Waals surface area contributed by atoms with Crippen LogP contribution in [0, 0.1) is 0 Å². The number of aromatic nitrogens is 3. The van der Waals surface area contributed by atoms with Crippen LogP contribution in [0.5, 0.6) is 0 Å². The summed E-state index contributed by atoms with van der Waals surface area (Å²) in [6.45, 7) is 1.66. The van der Waals surface area contributed by atoms with Crippen LogP contribution in [0.3, 0.4) is 0 Å². The highest BCUT2D eigenvalue weighted by Gasteiger charge is 2.23. The number of carbonyl (C=O) groups excluding carboxylic acids is 2. The molecule has 138 valence electrons. The number of anilines is 1. The molecular weight excluding hydrogens is 376 g/mol. The van der Waals surface area contributed by atoms with Crippen LogP contribution in [0.15, 0.2) is 29.4 Å². The maximum absolute atomic E-state index is 11.9. The Kier molecular flexibility index (Phi) is 6.00. The van der Waals surface area contributed by atoms with Crippen LogP contribution in [-0.4, -0.2) is 52.0 Å². The van der Waals surface area contributed by atoms with Crippen molar-refractivity contribution in [2.45, 2.75) is 18.0 Å². The summed E-state index contributed by atoms with van der Waals surface area (Å²) in [5.41, 5.74) is 5.87. The Morgan fingerprint density at radius 2 is 2.04 bits per heavy atom. The van der Waals surface area contributed by atoms with Crippen molar-refractivity contribution in [2.24, 2.45) is 5.73 Å². The standard InChI is InChI=1S/C16H19ClN6O2S/c17-11-4-3-5-12(8-11)23-15(22-6-1-2-7-22)20-21-16(23)26-10-14(25)19-9-13(18)24/h3-5,8H,1-2,6-7,9-10H2,(H2,18,24)(H,19,25). The molecule has 3 rings (SSSR count). The second-order valence-corrected chi connectivity index (χ2v) is 7.20. The quantitative estimate of drug-likeness (QED) is 0.684. The van der Waals surface area contributed by atoms with Gasteiger partial charge in [0.05, 0.1) is 18.0 Å². The first-order valence-corrected chi connectivity index (χ1v) is 9.55. The van der Waals surface area contributed by atoms with Crippen LogP contribution in [0.25, 0.3) is 5.69 Å². The summed E-state index contributed by atoms with van der Waals surface area (Å²) in [4.78, 5) is 24.8. The molecule has 2 aromatic rings. The number of hydrogen-bond acceptors (Lipinski definition) is 6. The minimum Gasteiger partial charge on any atom is -0.368 e. The van der Waals surface area contributed by atoms with Crippen molar-refractivity contribution < 1.29 is 9.59 Å². The third kappa shape index (κ3) is 4.47. The molecule has 0 unspecified atom stereocenters. The van der Waals surface area contributed by atoms with E-state index >= 15 is 0 Å². The number of halogens is 1. The molecule has 0 bridgehead atoms. The molecule has 1 saturated heterocycles. The number of amides is 2. The minimum atomic E-state index is -0.582. The van der Waals surface area contributed by atoms with Gasteiger partial charge in [0.25, 0.3) is 0 Å². The molecule has 0 spiro atoms. The number of carbonyl (C=O) groups is 2. The largest absolute Gasteiger partial charge is 0.368 e. The van der Waals surface area contributed by atoms with E-state index in [2.05, 4.69) is 20.4 Å². The molecule has 0 saturated carbocycles. The first kappa shape index (κ1) is 18.5. The average molecular weight is 395 g/mol. The predicted molar refractivity (Wildman–Crippen MR) is 101 cm³/mol. The zero-order valence-electron chi connectivity index (χ0n) is 14.0. The molecule has 0 radical (unpaired) electrons. The number of primary amides is 1. The second-order valence-electron chi connectivity index (χ2n) is 5.82. The summed E-state index contributed by atoms with van der Waals surface area (Å²) in [7, 11) is 0. The molecule has 2 heterocycles. The monoisotopic (exact) mass is 394 g/mol. The molecule has 1 aromatic carbocycles. The van der Waals surface area contributed by atoms with Crippen LogP contribution >= 0.6 is 23.4 Å². The molecule has 3 N–H and O–H groups in total. The lowest BCUT2D eigenvalue weighted by atomic mass is 10.3. The molecule has 1 aromatic heterocycles. The predicted octanol–water partition coefficient (Wildman–Crippen LogP) is 1.21. The van der Waals surface area contributed by atoms with Gasteiger partial charge in [-0.05, 0) is 31.0 Å². The van der Waals surface area contributed by atoms with Gasteiger partial charge in [0.15, 0.2) is 5.16 Å². The summed E-state index contributed by atoms with van der Waals surface area (Å²) in [5, 5.41) is 12.2. The number of thioether (sulfide) groups is 1. The summed E-state index contributed by atoms with van der Waals surface area (Å²) in [6, 6.07) is 7.42. The van der Waals surface area contributed by atoms with E-state index in [1.54, 1.807) is 6.07 Å². The zero-order valence-corrected chi connectivity index (χ0v) is 15.6. The maximum Gasteiger partial charge on any atom is 0.236 e. The fourth-order valence-electron chi connectivity index (χ4n) is 2.69. The normalized spacial score (nSPS) is 13.8. The highest BCUT2D eigenvalue weighted by Crippen LogP contribution is 2.29. The molecule has 10 heteroatoms. The molecule has 0 atom stereocenters. The molecule has 26 heavy (non-hydrogen) atoms. The van der Waals surface area contributed by atoms with Gasteiger partial charge >= 0.3 is 0 Å². The number of nitrogens with one attached hydrogen (secondary N) is 1. The molecule has 1 fully saturated rings. The Morgan fingerprint density at radius 3 is 2.73 bits per heavy atom. The molecule has 0 aliphatic carbocycles. The van der Waals surface area contributed by atoms with Crippen LogP contribution in [0.1, 0.15) is 12.8 Å². The minimum absolute atomic E-state index is 0.103. The Hall–Kier alpha value is -2.26. The van der Waals surface area contributed by atoms with Gasteiger partial charge in [-0.2, -0.15) is 0 Å². The molecule has 8 nitrogen and oxygen atoms in total. The van der Waals surface area contributed by atoms with Crippen LogP contribution < -0.4 is 16.0 Å². The van der Waals surface area contributed by atoms with E-state index in [1.807, 2.05) is 22.8 Å². The van der Waals surface area contributed by atoms with Gasteiger partial charge in [-0.25, -0.2) is 0 Å². The fourth-order valence-corrected chi connectivity index (χ4v) is 3.65. The summed E-state index contributed by atoms with van der Waals surface area (Å²) >= 11 is 7.38. The van der Waals surface area contributed by atoms with E-state index in [9.17, 15) is 9.59 Å². The van der Waals surface area contributed by atoms with Crippen LogP contribution in [0.4, 0.5) is 5.95 Å². The molecular formula is C16H19ClN6O2S. The van der Waals surface area contributed by atoms with E-state index in [0.717, 1.165) is 37.6 Å². The number of nitrogens with two attached hydrogens (primary N) is 1. The van der Waals surface area contributed by atoms with Crippen molar-refractivity contribution in [2.75, 3.05) is 30.3 Å². The Balaban J connectivity index is 1.83. The van der Waals surface area contributed by atoms with Gasteiger partial charge in [-0.15, -0.1) is 10.2 Å². The SMILES string of the molecule is NC(=O)CNC(=O)CSc1nnc(N2CCCC2)n1-c1cccc(Cl)c1. The first-order valence-electron chi connectivity index (χ1n) is 8.18. The van der Waals surface area contributed by atoms with Gasteiger partial charge in [-0.1, -0.05) is 29.4 Å².